The fourth-order valence-corrected chi connectivity index (χ4v) is 4.53. The minimum absolute atomic E-state index is 0. The maximum Gasteiger partial charge on any atom is 0.269 e. The number of hydrogen-bond acceptors (Lipinski definition) is 5. The van der Waals surface area contributed by atoms with Gasteiger partial charge in [-0.1, -0.05) is 6.07 Å². The van der Waals surface area contributed by atoms with Gasteiger partial charge in [0.15, 0.2) is 11.5 Å². The van der Waals surface area contributed by atoms with Crippen LogP contribution in [0.15, 0.2) is 24.4 Å². The Morgan fingerprint density at radius 1 is 1.19 bits per heavy atom. The Labute approximate surface area is 189 Å². The Morgan fingerprint density at radius 3 is 2.59 bits per heavy atom. The van der Waals surface area contributed by atoms with Crippen LogP contribution in [-0.2, 0) is 19.4 Å². The second-order valence-corrected chi connectivity index (χ2v) is 8.08. The summed E-state index contributed by atoms with van der Waals surface area (Å²) in [5.74, 6) is -1.66. The van der Waals surface area contributed by atoms with Gasteiger partial charge < -0.3 is 11.1 Å². The average molecular weight is 461 g/mol. The van der Waals surface area contributed by atoms with E-state index in [1.165, 1.54) is 18.2 Å². The molecule has 10 heteroatoms. The highest BCUT2D eigenvalue weighted by atomic mass is 35.5. The highest BCUT2D eigenvalue weighted by Crippen LogP contribution is 2.36. The maximum absolute atomic E-state index is 14.4. The number of nitrogens with one attached hydrogen (secondary N) is 1. The summed E-state index contributed by atoms with van der Waals surface area (Å²) in [7, 11) is 0. The molecule has 3 N–H and O–H groups in total. The summed E-state index contributed by atoms with van der Waals surface area (Å²) in [5.41, 5.74) is 8.45. The molecule has 0 unspecified atom stereocenters. The number of benzene rings is 1. The van der Waals surface area contributed by atoms with Crippen LogP contribution >= 0.6 is 12.4 Å². The molecule has 3 heterocycles. The molecule has 1 fully saturated rings. The SMILES string of the molecule is Cl.NC(=O)c1nn(CC2CCNCC2)c2c1CCc1cnc(-c3c(F)cccc3F)nc1-2. The van der Waals surface area contributed by atoms with Gasteiger partial charge >= 0.3 is 0 Å². The lowest BCUT2D eigenvalue weighted by atomic mass is 9.92. The van der Waals surface area contributed by atoms with E-state index in [4.69, 9.17) is 5.73 Å². The zero-order valence-electron chi connectivity index (χ0n) is 17.3. The number of amides is 1. The van der Waals surface area contributed by atoms with Crippen LogP contribution in [0, 0.1) is 17.6 Å². The minimum atomic E-state index is -0.725. The van der Waals surface area contributed by atoms with Gasteiger partial charge in [0.2, 0.25) is 0 Å². The molecule has 5 rings (SSSR count). The van der Waals surface area contributed by atoms with Gasteiger partial charge in [0.1, 0.15) is 11.6 Å². The van der Waals surface area contributed by atoms with E-state index in [1.807, 2.05) is 0 Å². The lowest BCUT2D eigenvalue weighted by Gasteiger charge is -2.24. The number of carbonyl (C=O) groups is 1. The van der Waals surface area contributed by atoms with Crippen molar-refractivity contribution in [1.82, 2.24) is 25.1 Å². The van der Waals surface area contributed by atoms with E-state index in [-0.39, 0.29) is 29.5 Å². The van der Waals surface area contributed by atoms with Crippen LogP contribution in [0.3, 0.4) is 0 Å². The third-order valence-corrected chi connectivity index (χ3v) is 6.09. The monoisotopic (exact) mass is 460 g/mol. The second-order valence-electron chi connectivity index (χ2n) is 8.08. The highest BCUT2D eigenvalue weighted by Gasteiger charge is 2.30. The van der Waals surface area contributed by atoms with Crippen molar-refractivity contribution in [1.29, 1.82) is 0 Å². The van der Waals surface area contributed by atoms with Crippen molar-refractivity contribution in [2.24, 2.45) is 11.7 Å². The first kappa shape index (κ1) is 22.3. The van der Waals surface area contributed by atoms with Crippen LogP contribution in [0.5, 0.6) is 0 Å². The number of primary amides is 1. The Hall–Kier alpha value is -2.91. The smallest absolute Gasteiger partial charge is 0.269 e. The molecule has 1 aliphatic carbocycles. The Bertz CT molecular complexity index is 1160. The topological polar surface area (TPSA) is 98.7 Å². The van der Waals surface area contributed by atoms with Crippen LogP contribution in [0.1, 0.15) is 34.5 Å². The van der Waals surface area contributed by atoms with Gasteiger partial charge in [0.25, 0.3) is 5.91 Å². The first-order chi connectivity index (χ1) is 15.0. The summed E-state index contributed by atoms with van der Waals surface area (Å²) in [6, 6.07) is 3.66. The standard InChI is InChI=1S/C22H22F2N6O.ClH/c23-15-2-1-3-16(24)17(15)22-27-10-13-4-5-14-19(21(25)31)29-30(20(14)18(13)28-22)11-12-6-8-26-9-7-12;/h1-3,10,12,26H,4-9,11H2,(H2,25,31);1H. The molecular weight excluding hydrogens is 438 g/mol. The summed E-state index contributed by atoms with van der Waals surface area (Å²) in [6.07, 6.45) is 4.80. The van der Waals surface area contributed by atoms with Crippen molar-refractivity contribution < 1.29 is 13.6 Å². The van der Waals surface area contributed by atoms with Crippen molar-refractivity contribution in [2.45, 2.75) is 32.2 Å². The van der Waals surface area contributed by atoms with E-state index in [2.05, 4.69) is 20.4 Å². The number of aryl methyl sites for hydroxylation is 1. The molecule has 0 saturated carbocycles. The van der Waals surface area contributed by atoms with Gasteiger partial charge in [-0.15, -0.1) is 12.4 Å². The summed E-state index contributed by atoms with van der Waals surface area (Å²) in [5, 5.41) is 7.88. The average Bonchev–Trinajstić information content (AvgIpc) is 3.13. The number of halogens is 3. The molecule has 0 atom stereocenters. The fourth-order valence-electron chi connectivity index (χ4n) is 4.53. The normalized spacial score (nSPS) is 15.6. The zero-order valence-corrected chi connectivity index (χ0v) is 18.1. The minimum Gasteiger partial charge on any atom is -0.364 e. The first-order valence-electron chi connectivity index (χ1n) is 10.4. The van der Waals surface area contributed by atoms with Crippen LogP contribution in [0.25, 0.3) is 22.8 Å². The van der Waals surface area contributed by atoms with Gasteiger partial charge in [0, 0.05) is 18.3 Å². The molecule has 0 spiro atoms. The predicted molar refractivity (Wildman–Crippen MR) is 117 cm³/mol. The number of aromatic nitrogens is 4. The largest absolute Gasteiger partial charge is 0.364 e. The molecule has 2 aromatic heterocycles. The van der Waals surface area contributed by atoms with Gasteiger partial charge in [0.05, 0.1) is 17.0 Å². The van der Waals surface area contributed by atoms with Gasteiger partial charge in [-0.3, -0.25) is 9.48 Å². The van der Waals surface area contributed by atoms with Crippen molar-refractivity contribution in [3.8, 4) is 22.8 Å². The molecule has 1 aliphatic heterocycles. The van der Waals surface area contributed by atoms with Crippen molar-refractivity contribution >= 4 is 18.3 Å². The Morgan fingerprint density at radius 2 is 1.91 bits per heavy atom. The van der Waals surface area contributed by atoms with Gasteiger partial charge in [-0.05, 0) is 62.4 Å². The summed E-state index contributed by atoms with van der Waals surface area (Å²) in [6.45, 7) is 2.50. The number of piperidine rings is 1. The molecule has 1 aromatic carbocycles. The van der Waals surface area contributed by atoms with E-state index in [1.54, 1.807) is 10.9 Å². The molecule has 2 aliphatic rings. The van der Waals surface area contributed by atoms with Crippen LogP contribution in [-0.4, -0.2) is 38.7 Å². The van der Waals surface area contributed by atoms with E-state index in [0.717, 1.165) is 37.1 Å². The zero-order chi connectivity index (χ0) is 21.5. The van der Waals surface area contributed by atoms with Crippen molar-refractivity contribution in [3.63, 3.8) is 0 Å². The third-order valence-electron chi connectivity index (χ3n) is 6.09. The Balaban J connectivity index is 0.00000245. The van der Waals surface area contributed by atoms with E-state index in [9.17, 15) is 13.6 Å². The number of rotatable bonds is 4. The molecular formula is C22H23ClF2N6O. The number of fused-ring (bicyclic) bond motifs is 3. The van der Waals surface area contributed by atoms with E-state index in [0.29, 0.717) is 36.7 Å². The van der Waals surface area contributed by atoms with Crippen LogP contribution < -0.4 is 11.1 Å². The highest BCUT2D eigenvalue weighted by molar-refractivity contribution is 5.94. The number of hydrogen-bond donors (Lipinski definition) is 2. The summed E-state index contributed by atoms with van der Waals surface area (Å²) in [4.78, 5) is 20.9. The van der Waals surface area contributed by atoms with Crippen LogP contribution in [0.2, 0.25) is 0 Å². The molecule has 1 amide bonds. The maximum atomic E-state index is 14.4. The summed E-state index contributed by atoms with van der Waals surface area (Å²) >= 11 is 0. The molecule has 7 nitrogen and oxygen atoms in total. The first-order valence-corrected chi connectivity index (χ1v) is 10.4. The molecule has 168 valence electrons. The predicted octanol–water partition coefficient (Wildman–Crippen LogP) is 2.90. The lowest BCUT2D eigenvalue weighted by Crippen LogP contribution is -2.30. The molecule has 32 heavy (non-hydrogen) atoms. The number of nitrogens with zero attached hydrogens (tertiary/aromatic N) is 4. The fraction of sp³-hybridized carbons (Fsp3) is 0.364. The number of nitrogens with two attached hydrogens (primary N) is 1. The van der Waals surface area contributed by atoms with E-state index < -0.39 is 17.5 Å². The van der Waals surface area contributed by atoms with Crippen molar-refractivity contribution in [2.75, 3.05) is 13.1 Å². The van der Waals surface area contributed by atoms with E-state index >= 15 is 0 Å². The quantitative estimate of drug-likeness (QED) is 0.623. The van der Waals surface area contributed by atoms with Gasteiger partial charge in [-0.2, -0.15) is 5.10 Å². The molecule has 0 bridgehead atoms. The molecule has 3 aromatic rings. The molecule has 1 saturated heterocycles. The van der Waals surface area contributed by atoms with Crippen molar-refractivity contribution in [3.05, 3.63) is 52.9 Å². The molecule has 0 radical (unpaired) electrons. The lowest BCUT2D eigenvalue weighted by molar-refractivity contribution is 0.0993. The van der Waals surface area contributed by atoms with Gasteiger partial charge in [-0.25, -0.2) is 18.7 Å². The van der Waals surface area contributed by atoms with Crippen LogP contribution in [0.4, 0.5) is 8.78 Å². The Kier molecular flexibility index (Phi) is 6.21. The second kappa shape index (κ2) is 8.91. The summed E-state index contributed by atoms with van der Waals surface area (Å²) < 4.78 is 30.5. The third kappa shape index (κ3) is 3.86. The number of carbonyl (C=O) groups excluding carboxylic acids is 1.